The first-order valence-corrected chi connectivity index (χ1v) is 9.60. The van der Waals surface area contributed by atoms with E-state index in [2.05, 4.69) is 20.8 Å². The van der Waals surface area contributed by atoms with Gasteiger partial charge in [-0.25, -0.2) is 0 Å². The van der Waals surface area contributed by atoms with Crippen molar-refractivity contribution in [3.63, 3.8) is 0 Å². The molecule has 114 valence electrons. The zero-order chi connectivity index (χ0) is 14.4. The highest BCUT2D eigenvalue weighted by molar-refractivity contribution is 6.66. The summed E-state index contributed by atoms with van der Waals surface area (Å²) in [4.78, 5) is 0. The van der Waals surface area contributed by atoms with Crippen molar-refractivity contribution in [2.45, 2.75) is 66.2 Å². The minimum Gasteiger partial charge on any atom is -0.370 e. The molecule has 0 saturated carbocycles. The highest BCUT2D eigenvalue weighted by Gasteiger charge is 2.38. The van der Waals surface area contributed by atoms with Crippen molar-refractivity contribution in [2.24, 2.45) is 0 Å². The monoisotopic (exact) mass is 288 g/mol. The van der Waals surface area contributed by atoms with Gasteiger partial charge in [-0.15, -0.1) is 0 Å². The molecule has 0 fully saturated rings. The summed E-state index contributed by atoms with van der Waals surface area (Å²) in [6.45, 7) is 10.7. The highest BCUT2D eigenvalue weighted by Crippen LogP contribution is 2.15. The molecular formula is C15H32O3Si. The van der Waals surface area contributed by atoms with Crippen LogP contribution in [0.5, 0.6) is 0 Å². The fraction of sp³-hybridized carbons (Fsp3) is 0.867. The SMILES string of the molecule is C/C=C/[Si](OCCCC)(OCCCC)OCCCC. The third-order valence-electron chi connectivity index (χ3n) is 2.77. The van der Waals surface area contributed by atoms with Crippen LogP contribution in [-0.2, 0) is 13.3 Å². The van der Waals surface area contributed by atoms with E-state index in [1.165, 1.54) is 0 Å². The molecule has 0 N–H and O–H groups in total. The van der Waals surface area contributed by atoms with Gasteiger partial charge in [0, 0.05) is 19.8 Å². The third-order valence-corrected chi connectivity index (χ3v) is 5.34. The summed E-state index contributed by atoms with van der Waals surface area (Å²) >= 11 is 0. The Morgan fingerprint density at radius 1 is 0.737 bits per heavy atom. The summed E-state index contributed by atoms with van der Waals surface area (Å²) in [6, 6.07) is 0. The second-order valence-electron chi connectivity index (χ2n) is 4.71. The average Bonchev–Trinajstić information content (AvgIpc) is 2.40. The zero-order valence-electron chi connectivity index (χ0n) is 13.2. The number of rotatable bonds is 13. The fourth-order valence-corrected chi connectivity index (χ4v) is 3.78. The van der Waals surface area contributed by atoms with Gasteiger partial charge < -0.3 is 13.3 Å². The molecule has 0 saturated heterocycles. The molecule has 0 aliphatic carbocycles. The highest BCUT2D eigenvalue weighted by atomic mass is 28.4. The van der Waals surface area contributed by atoms with Gasteiger partial charge in [-0.1, -0.05) is 46.1 Å². The van der Waals surface area contributed by atoms with E-state index in [0.717, 1.165) is 58.3 Å². The van der Waals surface area contributed by atoms with Gasteiger partial charge in [0.25, 0.3) is 0 Å². The maximum atomic E-state index is 6.01. The molecule has 3 nitrogen and oxygen atoms in total. The molecule has 0 spiro atoms. The molecule has 0 atom stereocenters. The van der Waals surface area contributed by atoms with Gasteiger partial charge in [0.15, 0.2) is 0 Å². The summed E-state index contributed by atoms with van der Waals surface area (Å²) < 4.78 is 18.0. The number of allylic oxidation sites excluding steroid dienone is 1. The van der Waals surface area contributed by atoms with E-state index in [1.54, 1.807) is 0 Å². The van der Waals surface area contributed by atoms with E-state index < -0.39 is 8.80 Å². The molecule has 0 aliphatic rings. The van der Waals surface area contributed by atoms with Gasteiger partial charge in [-0.2, -0.15) is 0 Å². The molecule has 0 amide bonds. The first kappa shape index (κ1) is 18.8. The van der Waals surface area contributed by atoms with E-state index in [0.29, 0.717) is 0 Å². The lowest BCUT2D eigenvalue weighted by Crippen LogP contribution is -2.45. The molecular weight excluding hydrogens is 256 g/mol. The fourth-order valence-electron chi connectivity index (χ4n) is 1.55. The topological polar surface area (TPSA) is 27.7 Å². The maximum absolute atomic E-state index is 6.01. The van der Waals surface area contributed by atoms with Crippen LogP contribution in [0.25, 0.3) is 0 Å². The Balaban J connectivity index is 4.47. The van der Waals surface area contributed by atoms with E-state index in [-0.39, 0.29) is 0 Å². The molecule has 0 bridgehead atoms. The molecule has 0 aromatic rings. The van der Waals surface area contributed by atoms with Gasteiger partial charge in [0.2, 0.25) is 0 Å². The normalized spacial score (nSPS) is 12.4. The average molecular weight is 289 g/mol. The predicted octanol–water partition coefficient (Wildman–Crippen LogP) is 4.49. The van der Waals surface area contributed by atoms with Crippen LogP contribution in [-0.4, -0.2) is 28.6 Å². The molecule has 0 aliphatic heterocycles. The lowest BCUT2D eigenvalue weighted by atomic mass is 10.4. The molecule has 0 heterocycles. The minimum absolute atomic E-state index is 0.727. The van der Waals surface area contributed by atoms with Crippen molar-refractivity contribution in [3.05, 3.63) is 11.8 Å². The Kier molecular flexibility index (Phi) is 12.7. The van der Waals surface area contributed by atoms with Crippen LogP contribution < -0.4 is 0 Å². The Morgan fingerprint density at radius 3 is 1.37 bits per heavy atom. The summed E-state index contributed by atoms with van der Waals surface area (Å²) in [7, 11) is -2.59. The van der Waals surface area contributed by atoms with Crippen LogP contribution >= 0.6 is 0 Å². The largest absolute Gasteiger partial charge is 0.529 e. The van der Waals surface area contributed by atoms with Crippen molar-refractivity contribution in [3.8, 4) is 0 Å². The Morgan fingerprint density at radius 2 is 1.11 bits per heavy atom. The van der Waals surface area contributed by atoms with E-state index >= 15 is 0 Å². The smallest absolute Gasteiger partial charge is 0.370 e. The van der Waals surface area contributed by atoms with Crippen LogP contribution in [0.1, 0.15) is 66.2 Å². The Hall–Kier alpha value is -0.163. The van der Waals surface area contributed by atoms with Gasteiger partial charge in [0.05, 0.1) is 0 Å². The van der Waals surface area contributed by atoms with Crippen LogP contribution in [0.15, 0.2) is 11.8 Å². The molecule has 0 aromatic carbocycles. The van der Waals surface area contributed by atoms with E-state index in [4.69, 9.17) is 13.3 Å². The number of unbranched alkanes of at least 4 members (excludes halogenated alkanes) is 3. The lowest BCUT2D eigenvalue weighted by Gasteiger charge is -2.27. The number of hydrogen-bond acceptors (Lipinski definition) is 3. The standard InChI is InChI=1S/C15H32O3Si/c1-5-9-12-16-19(15-8-4,17-13-10-6-2)18-14-11-7-3/h8,15H,5-7,9-14H2,1-4H3/b15-8+. The first-order valence-electron chi connectivity index (χ1n) is 7.80. The molecule has 0 radical (unpaired) electrons. The van der Waals surface area contributed by atoms with E-state index in [1.807, 2.05) is 18.7 Å². The Bertz CT molecular complexity index is 193. The second-order valence-corrected chi connectivity index (χ2v) is 7.12. The van der Waals surface area contributed by atoms with Crippen molar-refractivity contribution in [1.82, 2.24) is 0 Å². The number of hydrogen-bond donors (Lipinski definition) is 0. The predicted molar refractivity (Wildman–Crippen MR) is 83.1 cm³/mol. The van der Waals surface area contributed by atoms with Crippen LogP contribution in [0.3, 0.4) is 0 Å². The molecule has 0 unspecified atom stereocenters. The van der Waals surface area contributed by atoms with Gasteiger partial charge in [-0.05, 0) is 31.9 Å². The van der Waals surface area contributed by atoms with Crippen molar-refractivity contribution in [2.75, 3.05) is 19.8 Å². The second kappa shape index (κ2) is 12.8. The van der Waals surface area contributed by atoms with Crippen LogP contribution in [0.2, 0.25) is 0 Å². The molecule has 0 aromatic heterocycles. The van der Waals surface area contributed by atoms with Crippen molar-refractivity contribution in [1.29, 1.82) is 0 Å². The summed E-state index contributed by atoms with van der Waals surface area (Å²) in [5.41, 5.74) is 2.02. The Labute approximate surface area is 120 Å². The quantitative estimate of drug-likeness (QED) is 0.369. The summed E-state index contributed by atoms with van der Waals surface area (Å²) in [5.74, 6) is 0. The molecule has 0 rings (SSSR count). The van der Waals surface area contributed by atoms with Gasteiger partial charge >= 0.3 is 8.80 Å². The van der Waals surface area contributed by atoms with Crippen molar-refractivity contribution < 1.29 is 13.3 Å². The maximum Gasteiger partial charge on any atom is 0.529 e. The van der Waals surface area contributed by atoms with Gasteiger partial charge in [0.1, 0.15) is 0 Å². The van der Waals surface area contributed by atoms with Crippen LogP contribution in [0, 0.1) is 0 Å². The van der Waals surface area contributed by atoms with Gasteiger partial charge in [-0.3, -0.25) is 0 Å². The zero-order valence-corrected chi connectivity index (χ0v) is 14.2. The summed E-state index contributed by atoms with van der Waals surface area (Å²) in [5, 5.41) is 0. The van der Waals surface area contributed by atoms with Crippen molar-refractivity contribution >= 4 is 8.80 Å². The van der Waals surface area contributed by atoms with E-state index in [9.17, 15) is 0 Å². The molecule has 19 heavy (non-hydrogen) atoms. The third kappa shape index (κ3) is 9.38. The molecule has 4 heteroatoms. The lowest BCUT2D eigenvalue weighted by molar-refractivity contribution is 0.0684. The summed E-state index contributed by atoms with van der Waals surface area (Å²) in [6.07, 6.45) is 8.55. The minimum atomic E-state index is -2.59. The van der Waals surface area contributed by atoms with Crippen LogP contribution in [0.4, 0.5) is 0 Å². The first-order chi connectivity index (χ1) is 9.24.